The molecule has 0 aliphatic heterocycles. The van der Waals surface area contributed by atoms with Crippen molar-refractivity contribution < 1.29 is 14.6 Å². The van der Waals surface area contributed by atoms with Crippen LogP contribution in [0.5, 0.6) is 5.75 Å². The van der Waals surface area contributed by atoms with E-state index in [0.717, 1.165) is 30.6 Å². The second-order valence-electron chi connectivity index (χ2n) is 3.95. The van der Waals surface area contributed by atoms with E-state index in [2.05, 4.69) is 6.07 Å². The maximum absolute atomic E-state index is 10.6. The van der Waals surface area contributed by atoms with Crippen molar-refractivity contribution in [2.75, 3.05) is 7.11 Å². The molecule has 1 aromatic carbocycles. The molecule has 1 aliphatic rings. The zero-order valence-corrected chi connectivity index (χ0v) is 9.19. The van der Waals surface area contributed by atoms with Gasteiger partial charge < -0.3 is 9.84 Å². The van der Waals surface area contributed by atoms with E-state index < -0.39 is 5.97 Å². The van der Waals surface area contributed by atoms with Crippen molar-refractivity contribution in [2.24, 2.45) is 0 Å². The maximum atomic E-state index is 10.6. The molecule has 1 aliphatic carbocycles. The van der Waals surface area contributed by atoms with Gasteiger partial charge in [0.1, 0.15) is 5.75 Å². The molecule has 0 atom stereocenters. The van der Waals surface area contributed by atoms with E-state index >= 15 is 0 Å². The maximum Gasteiger partial charge on any atom is 0.328 e. The van der Waals surface area contributed by atoms with E-state index in [-0.39, 0.29) is 0 Å². The molecule has 84 valence electrons. The highest BCUT2D eigenvalue weighted by molar-refractivity contribution is 5.80. The minimum atomic E-state index is -0.860. The van der Waals surface area contributed by atoms with Crippen LogP contribution in [0.15, 0.2) is 29.8 Å². The SMILES string of the molecule is COc1ccc2c(c1)CC(=CC(=O)O)CC2. The highest BCUT2D eigenvalue weighted by Gasteiger charge is 2.14. The van der Waals surface area contributed by atoms with E-state index in [9.17, 15) is 4.79 Å². The topological polar surface area (TPSA) is 46.5 Å². The number of aliphatic carboxylic acids is 1. The van der Waals surface area contributed by atoms with Gasteiger partial charge in [0.05, 0.1) is 7.11 Å². The van der Waals surface area contributed by atoms with E-state index in [4.69, 9.17) is 9.84 Å². The minimum Gasteiger partial charge on any atom is -0.497 e. The summed E-state index contributed by atoms with van der Waals surface area (Å²) in [5.41, 5.74) is 3.45. The Bertz CT molecular complexity index is 446. The van der Waals surface area contributed by atoms with Crippen molar-refractivity contribution >= 4 is 5.97 Å². The number of methoxy groups -OCH3 is 1. The Kier molecular flexibility index (Phi) is 2.95. The van der Waals surface area contributed by atoms with Crippen LogP contribution >= 0.6 is 0 Å². The molecule has 3 heteroatoms. The van der Waals surface area contributed by atoms with Crippen molar-refractivity contribution in [3.05, 3.63) is 41.0 Å². The molecule has 0 spiro atoms. The quantitative estimate of drug-likeness (QED) is 0.774. The highest BCUT2D eigenvalue weighted by atomic mass is 16.5. The summed E-state index contributed by atoms with van der Waals surface area (Å²) in [6, 6.07) is 6.00. The van der Waals surface area contributed by atoms with Crippen molar-refractivity contribution in [2.45, 2.75) is 19.3 Å². The summed E-state index contributed by atoms with van der Waals surface area (Å²) in [7, 11) is 1.64. The Morgan fingerprint density at radius 3 is 2.88 bits per heavy atom. The average molecular weight is 218 g/mol. The van der Waals surface area contributed by atoms with Gasteiger partial charge in [-0.15, -0.1) is 0 Å². The summed E-state index contributed by atoms with van der Waals surface area (Å²) in [5, 5.41) is 8.71. The Morgan fingerprint density at radius 2 is 2.19 bits per heavy atom. The number of ether oxygens (including phenoxy) is 1. The van der Waals surface area contributed by atoms with Gasteiger partial charge >= 0.3 is 5.97 Å². The first-order valence-electron chi connectivity index (χ1n) is 5.27. The van der Waals surface area contributed by atoms with Gasteiger partial charge in [-0.1, -0.05) is 11.6 Å². The minimum absolute atomic E-state index is 0.721. The van der Waals surface area contributed by atoms with E-state index in [1.807, 2.05) is 12.1 Å². The first-order chi connectivity index (χ1) is 7.69. The third-order valence-corrected chi connectivity index (χ3v) is 2.87. The van der Waals surface area contributed by atoms with Crippen LogP contribution in [0.2, 0.25) is 0 Å². The standard InChI is InChI=1S/C13H14O3/c1-16-12-5-4-10-3-2-9(7-13(14)15)6-11(10)8-12/h4-5,7-8H,2-3,6H2,1H3,(H,14,15). The fraction of sp³-hybridized carbons (Fsp3) is 0.308. The zero-order chi connectivity index (χ0) is 11.5. The van der Waals surface area contributed by atoms with Crippen LogP contribution in [0.4, 0.5) is 0 Å². The van der Waals surface area contributed by atoms with Gasteiger partial charge in [-0.3, -0.25) is 0 Å². The summed E-state index contributed by atoms with van der Waals surface area (Å²) in [6.45, 7) is 0. The van der Waals surface area contributed by atoms with Crippen molar-refractivity contribution in [1.82, 2.24) is 0 Å². The number of carboxylic acids is 1. The largest absolute Gasteiger partial charge is 0.497 e. The number of hydrogen-bond acceptors (Lipinski definition) is 2. The molecule has 1 aromatic rings. The molecule has 0 radical (unpaired) electrons. The summed E-state index contributed by atoms with van der Waals surface area (Å²) >= 11 is 0. The summed E-state index contributed by atoms with van der Waals surface area (Å²) < 4.78 is 5.16. The van der Waals surface area contributed by atoms with Crippen LogP contribution in [0, 0.1) is 0 Å². The molecular formula is C13H14O3. The number of benzene rings is 1. The van der Waals surface area contributed by atoms with Crippen LogP contribution in [-0.4, -0.2) is 18.2 Å². The molecule has 2 rings (SSSR count). The lowest BCUT2D eigenvalue weighted by Gasteiger charge is -2.18. The van der Waals surface area contributed by atoms with Crippen molar-refractivity contribution in [1.29, 1.82) is 0 Å². The lowest BCUT2D eigenvalue weighted by atomic mass is 9.88. The van der Waals surface area contributed by atoms with E-state index in [1.54, 1.807) is 7.11 Å². The van der Waals surface area contributed by atoms with Crippen molar-refractivity contribution in [3.8, 4) is 5.75 Å². The Labute approximate surface area is 94.4 Å². The third-order valence-electron chi connectivity index (χ3n) is 2.87. The average Bonchev–Trinajstić information content (AvgIpc) is 2.27. The Hall–Kier alpha value is -1.77. The first kappa shape index (κ1) is 10.7. The smallest absolute Gasteiger partial charge is 0.328 e. The van der Waals surface area contributed by atoms with Crippen LogP contribution in [0.1, 0.15) is 17.5 Å². The van der Waals surface area contributed by atoms with Crippen molar-refractivity contribution in [3.63, 3.8) is 0 Å². The lowest BCUT2D eigenvalue weighted by molar-refractivity contribution is -0.131. The fourth-order valence-corrected chi connectivity index (χ4v) is 2.06. The number of rotatable bonds is 2. The molecule has 0 heterocycles. The molecule has 0 saturated heterocycles. The lowest BCUT2D eigenvalue weighted by Crippen LogP contribution is -2.07. The molecular weight excluding hydrogens is 204 g/mol. The fourth-order valence-electron chi connectivity index (χ4n) is 2.06. The molecule has 16 heavy (non-hydrogen) atoms. The van der Waals surface area contributed by atoms with Crippen LogP contribution < -0.4 is 4.74 Å². The zero-order valence-electron chi connectivity index (χ0n) is 9.19. The van der Waals surface area contributed by atoms with Gasteiger partial charge in [-0.05, 0) is 42.5 Å². The van der Waals surface area contributed by atoms with E-state index in [0.29, 0.717) is 0 Å². The summed E-state index contributed by atoms with van der Waals surface area (Å²) in [4.78, 5) is 10.6. The van der Waals surface area contributed by atoms with Gasteiger partial charge in [-0.25, -0.2) is 4.79 Å². The van der Waals surface area contributed by atoms with Crippen LogP contribution in [-0.2, 0) is 17.6 Å². The highest BCUT2D eigenvalue weighted by Crippen LogP contribution is 2.28. The van der Waals surface area contributed by atoms with Crippen LogP contribution in [0.3, 0.4) is 0 Å². The number of carboxylic acid groups (broad SMARTS) is 1. The molecule has 0 bridgehead atoms. The molecule has 0 fully saturated rings. The number of fused-ring (bicyclic) bond motifs is 1. The van der Waals surface area contributed by atoms with Crippen LogP contribution in [0.25, 0.3) is 0 Å². The van der Waals surface area contributed by atoms with Gasteiger partial charge in [-0.2, -0.15) is 0 Å². The second kappa shape index (κ2) is 4.39. The van der Waals surface area contributed by atoms with Gasteiger partial charge in [0.2, 0.25) is 0 Å². The number of carbonyl (C=O) groups is 1. The third kappa shape index (κ3) is 2.24. The van der Waals surface area contributed by atoms with Gasteiger partial charge in [0.25, 0.3) is 0 Å². The molecule has 0 unspecified atom stereocenters. The molecule has 1 N–H and O–H groups in total. The Morgan fingerprint density at radius 1 is 1.38 bits per heavy atom. The summed E-state index contributed by atoms with van der Waals surface area (Å²) in [5.74, 6) is -0.0309. The Balaban J connectivity index is 2.28. The number of hydrogen-bond donors (Lipinski definition) is 1. The predicted molar refractivity (Wildman–Crippen MR) is 60.7 cm³/mol. The molecule has 3 nitrogen and oxygen atoms in total. The first-order valence-corrected chi connectivity index (χ1v) is 5.27. The normalized spacial score (nSPS) is 16.9. The molecule has 0 amide bonds. The number of allylic oxidation sites excluding steroid dienone is 1. The number of aryl methyl sites for hydroxylation is 1. The van der Waals surface area contributed by atoms with Gasteiger partial charge in [0, 0.05) is 6.08 Å². The van der Waals surface area contributed by atoms with Gasteiger partial charge in [0.15, 0.2) is 0 Å². The second-order valence-corrected chi connectivity index (χ2v) is 3.95. The molecule has 0 aromatic heterocycles. The predicted octanol–water partition coefficient (Wildman–Crippen LogP) is 2.19. The van der Waals surface area contributed by atoms with E-state index in [1.165, 1.54) is 17.2 Å². The summed E-state index contributed by atoms with van der Waals surface area (Å²) in [6.07, 6.45) is 3.80. The monoisotopic (exact) mass is 218 g/mol. The molecule has 0 saturated carbocycles.